The molecule has 0 aliphatic heterocycles. The van der Waals surface area contributed by atoms with Gasteiger partial charge in [0.25, 0.3) is 0 Å². The van der Waals surface area contributed by atoms with Crippen molar-refractivity contribution in [3.63, 3.8) is 0 Å². The summed E-state index contributed by atoms with van der Waals surface area (Å²) in [7, 11) is 0. The molecule has 0 N–H and O–H groups in total. The zero-order valence-electron chi connectivity index (χ0n) is 11.2. The van der Waals surface area contributed by atoms with Crippen LogP contribution in [0.25, 0.3) is 0 Å². The molecule has 1 aromatic rings. The summed E-state index contributed by atoms with van der Waals surface area (Å²) in [5.74, 6) is 0.430. The molecule has 0 amide bonds. The van der Waals surface area contributed by atoms with Gasteiger partial charge < -0.3 is 4.74 Å². The normalized spacial score (nSPS) is 22.8. The molecule has 5 heteroatoms. The minimum absolute atomic E-state index is 0.0982. The Morgan fingerprint density at radius 3 is 2.40 bits per heavy atom. The maximum Gasteiger partial charge on any atom is 0.573 e. The number of halogens is 3. The lowest BCUT2D eigenvalue weighted by atomic mass is 9.90. The number of rotatable bonds is 4. The molecule has 2 rings (SSSR count). The Hall–Kier alpha value is -1.52. The van der Waals surface area contributed by atoms with E-state index in [1.165, 1.54) is 24.3 Å². The van der Waals surface area contributed by atoms with Crippen LogP contribution in [-0.2, 0) is 11.2 Å². The van der Waals surface area contributed by atoms with Gasteiger partial charge in [0.15, 0.2) is 0 Å². The van der Waals surface area contributed by atoms with Crippen LogP contribution in [0.4, 0.5) is 13.2 Å². The van der Waals surface area contributed by atoms with Gasteiger partial charge in [0.05, 0.1) is 0 Å². The quantitative estimate of drug-likeness (QED) is 0.831. The number of benzene rings is 1. The average molecular weight is 286 g/mol. The van der Waals surface area contributed by atoms with Crippen LogP contribution < -0.4 is 4.74 Å². The second-order valence-electron chi connectivity index (χ2n) is 5.35. The summed E-state index contributed by atoms with van der Waals surface area (Å²) < 4.78 is 39.9. The van der Waals surface area contributed by atoms with Gasteiger partial charge in [-0.25, -0.2) is 0 Å². The van der Waals surface area contributed by atoms with Crippen molar-refractivity contribution in [1.29, 1.82) is 0 Å². The molecule has 20 heavy (non-hydrogen) atoms. The van der Waals surface area contributed by atoms with Gasteiger partial charge in [-0.1, -0.05) is 25.5 Å². The van der Waals surface area contributed by atoms with Gasteiger partial charge in [-0.15, -0.1) is 13.2 Å². The van der Waals surface area contributed by atoms with Crippen molar-refractivity contribution in [3.05, 3.63) is 29.8 Å². The molecule has 1 aromatic carbocycles. The van der Waals surface area contributed by atoms with E-state index in [1.54, 1.807) is 0 Å². The minimum atomic E-state index is -4.68. The lowest BCUT2D eigenvalue weighted by molar-refractivity contribution is -0.274. The number of alkyl halides is 3. The third-order valence-corrected chi connectivity index (χ3v) is 3.81. The number of hydrogen-bond donors (Lipinski definition) is 0. The Kier molecular flexibility index (Phi) is 4.35. The summed E-state index contributed by atoms with van der Waals surface area (Å²) in [4.78, 5) is 12.1. The molecule has 1 saturated carbocycles. The smallest absolute Gasteiger partial charge is 0.406 e. The lowest BCUT2D eigenvalue weighted by Gasteiger charge is -2.14. The van der Waals surface area contributed by atoms with Crippen molar-refractivity contribution in [1.82, 2.24) is 0 Å². The van der Waals surface area contributed by atoms with E-state index < -0.39 is 6.36 Å². The lowest BCUT2D eigenvalue weighted by Crippen LogP contribution is -2.19. The third-order valence-electron chi connectivity index (χ3n) is 3.81. The van der Waals surface area contributed by atoms with Crippen LogP contribution in [0.15, 0.2) is 24.3 Å². The zero-order chi connectivity index (χ0) is 14.8. The number of carbonyl (C=O) groups excluding carboxylic acids is 1. The van der Waals surface area contributed by atoms with E-state index >= 15 is 0 Å². The highest BCUT2D eigenvalue weighted by atomic mass is 19.4. The topological polar surface area (TPSA) is 26.3 Å². The first-order chi connectivity index (χ1) is 9.35. The maximum atomic E-state index is 12.1. The molecule has 0 saturated heterocycles. The third kappa shape index (κ3) is 3.99. The second kappa shape index (κ2) is 5.85. The number of hydrogen-bond acceptors (Lipinski definition) is 2. The fourth-order valence-electron chi connectivity index (χ4n) is 2.77. The monoisotopic (exact) mass is 286 g/mol. The van der Waals surface area contributed by atoms with Gasteiger partial charge in [0.1, 0.15) is 11.5 Å². The SMILES string of the molecule is CC1CCCC1C(=O)Cc1ccc(OC(F)(F)F)cc1. The first-order valence-corrected chi connectivity index (χ1v) is 6.72. The fourth-order valence-corrected chi connectivity index (χ4v) is 2.77. The zero-order valence-corrected chi connectivity index (χ0v) is 11.2. The van der Waals surface area contributed by atoms with Crippen LogP contribution in [0.5, 0.6) is 5.75 Å². The highest BCUT2D eigenvalue weighted by molar-refractivity contribution is 5.83. The predicted molar refractivity (Wildman–Crippen MR) is 68.3 cm³/mol. The molecule has 1 aliphatic rings. The molecule has 2 unspecified atom stereocenters. The van der Waals surface area contributed by atoms with Crippen LogP contribution in [-0.4, -0.2) is 12.1 Å². The van der Waals surface area contributed by atoms with E-state index in [1.807, 2.05) is 0 Å². The molecule has 1 fully saturated rings. The van der Waals surface area contributed by atoms with Crippen LogP contribution in [0.1, 0.15) is 31.7 Å². The van der Waals surface area contributed by atoms with Gasteiger partial charge in [-0.2, -0.15) is 0 Å². The molecule has 2 nitrogen and oxygen atoms in total. The first kappa shape index (κ1) is 14.9. The van der Waals surface area contributed by atoms with Crippen molar-refractivity contribution in [3.8, 4) is 5.75 Å². The van der Waals surface area contributed by atoms with Crippen molar-refractivity contribution in [2.24, 2.45) is 11.8 Å². The summed E-state index contributed by atoms with van der Waals surface area (Å²) in [6.07, 6.45) is -1.32. The number of Topliss-reactive ketones (excluding diaryl/α,β-unsaturated/α-hetero) is 1. The van der Waals surface area contributed by atoms with Crippen molar-refractivity contribution in [2.75, 3.05) is 0 Å². The summed E-state index contributed by atoms with van der Waals surface area (Å²) in [6.45, 7) is 2.08. The van der Waals surface area contributed by atoms with E-state index in [-0.39, 0.29) is 23.9 Å². The van der Waals surface area contributed by atoms with E-state index in [0.29, 0.717) is 5.92 Å². The van der Waals surface area contributed by atoms with Gasteiger partial charge in [-0.3, -0.25) is 4.79 Å². The van der Waals surface area contributed by atoms with Gasteiger partial charge >= 0.3 is 6.36 Å². The van der Waals surface area contributed by atoms with Crippen LogP contribution >= 0.6 is 0 Å². The van der Waals surface area contributed by atoms with E-state index in [2.05, 4.69) is 11.7 Å². The molecular weight excluding hydrogens is 269 g/mol. The predicted octanol–water partition coefficient (Wildman–Crippen LogP) is 4.13. The molecule has 0 aromatic heterocycles. The molecule has 0 spiro atoms. The minimum Gasteiger partial charge on any atom is -0.406 e. The fraction of sp³-hybridized carbons (Fsp3) is 0.533. The van der Waals surface area contributed by atoms with Crippen molar-refractivity contribution >= 4 is 5.78 Å². The molecular formula is C15H17F3O2. The molecule has 110 valence electrons. The Bertz CT molecular complexity index is 465. The maximum absolute atomic E-state index is 12.1. The molecule has 0 heterocycles. The Morgan fingerprint density at radius 2 is 1.90 bits per heavy atom. The van der Waals surface area contributed by atoms with Crippen LogP contribution in [0.2, 0.25) is 0 Å². The molecule has 2 atom stereocenters. The highest BCUT2D eigenvalue weighted by Crippen LogP contribution is 2.32. The van der Waals surface area contributed by atoms with E-state index in [4.69, 9.17) is 0 Å². The van der Waals surface area contributed by atoms with E-state index in [0.717, 1.165) is 24.8 Å². The Balaban J connectivity index is 1.95. The summed E-state index contributed by atoms with van der Waals surface area (Å²) >= 11 is 0. The summed E-state index contributed by atoms with van der Waals surface area (Å²) in [5.41, 5.74) is 0.726. The summed E-state index contributed by atoms with van der Waals surface area (Å²) in [5, 5.41) is 0. The van der Waals surface area contributed by atoms with Gasteiger partial charge in [0, 0.05) is 12.3 Å². The number of ether oxygens (including phenoxy) is 1. The Labute approximate surface area is 115 Å². The van der Waals surface area contributed by atoms with Crippen molar-refractivity contribution < 1.29 is 22.7 Å². The van der Waals surface area contributed by atoms with E-state index in [9.17, 15) is 18.0 Å². The van der Waals surface area contributed by atoms with Crippen molar-refractivity contribution in [2.45, 2.75) is 39.0 Å². The largest absolute Gasteiger partial charge is 0.573 e. The average Bonchev–Trinajstić information content (AvgIpc) is 2.76. The second-order valence-corrected chi connectivity index (χ2v) is 5.35. The first-order valence-electron chi connectivity index (χ1n) is 6.72. The highest BCUT2D eigenvalue weighted by Gasteiger charge is 2.31. The number of ketones is 1. The molecule has 0 radical (unpaired) electrons. The Morgan fingerprint density at radius 1 is 1.25 bits per heavy atom. The molecule has 0 bridgehead atoms. The van der Waals surface area contributed by atoms with Crippen LogP contribution in [0.3, 0.4) is 0 Å². The standard InChI is InChI=1S/C15H17F3O2/c1-10-3-2-4-13(10)14(19)9-11-5-7-12(8-6-11)20-15(16,17)18/h5-8,10,13H,2-4,9H2,1H3. The summed E-state index contributed by atoms with van der Waals surface area (Å²) in [6, 6.07) is 5.51. The molecule has 1 aliphatic carbocycles. The number of carbonyl (C=O) groups is 1. The van der Waals surface area contributed by atoms with Gasteiger partial charge in [-0.05, 0) is 36.5 Å². The van der Waals surface area contributed by atoms with Gasteiger partial charge in [0.2, 0.25) is 0 Å². The van der Waals surface area contributed by atoms with Crippen LogP contribution in [0, 0.1) is 11.8 Å².